The Morgan fingerprint density at radius 2 is 1.36 bits per heavy atom. The summed E-state index contributed by atoms with van der Waals surface area (Å²) in [6, 6.07) is 0. The summed E-state index contributed by atoms with van der Waals surface area (Å²) in [7, 11) is 0. The molecule has 0 spiro atoms. The molecular formula is C10H15N. The summed E-state index contributed by atoms with van der Waals surface area (Å²) >= 11 is 0. The zero-order valence-corrected chi connectivity index (χ0v) is 6.90. The first-order chi connectivity index (χ1) is 5.41. The smallest absolute Gasteiger partial charge is 0.00981 e. The van der Waals surface area contributed by atoms with Crippen LogP contribution in [0, 0.1) is 24.7 Å². The molecule has 0 aromatic rings. The van der Waals surface area contributed by atoms with Crippen molar-refractivity contribution in [3.05, 3.63) is 0 Å². The van der Waals surface area contributed by atoms with Crippen LogP contribution in [-0.4, -0.2) is 13.1 Å². The van der Waals surface area contributed by atoms with E-state index in [1.165, 1.54) is 0 Å². The molecule has 0 saturated heterocycles. The van der Waals surface area contributed by atoms with Gasteiger partial charge >= 0.3 is 0 Å². The van der Waals surface area contributed by atoms with E-state index in [4.69, 9.17) is 12.8 Å². The highest BCUT2D eigenvalue weighted by Gasteiger charge is 1.85. The van der Waals surface area contributed by atoms with Gasteiger partial charge in [0, 0.05) is 12.8 Å². The molecule has 0 saturated carbocycles. The van der Waals surface area contributed by atoms with Crippen LogP contribution in [0.2, 0.25) is 0 Å². The molecular weight excluding hydrogens is 134 g/mol. The van der Waals surface area contributed by atoms with Crippen LogP contribution in [0.25, 0.3) is 0 Å². The quantitative estimate of drug-likeness (QED) is 0.444. The second kappa shape index (κ2) is 9.08. The van der Waals surface area contributed by atoms with Gasteiger partial charge in [-0.1, -0.05) is 0 Å². The minimum Gasteiger partial charge on any atom is -0.317 e. The topological polar surface area (TPSA) is 12.0 Å². The van der Waals surface area contributed by atoms with Crippen molar-refractivity contribution in [2.75, 3.05) is 13.1 Å². The Balaban J connectivity index is 2.82. The van der Waals surface area contributed by atoms with E-state index in [0.29, 0.717) is 0 Å². The van der Waals surface area contributed by atoms with Gasteiger partial charge in [0.1, 0.15) is 0 Å². The van der Waals surface area contributed by atoms with E-state index in [9.17, 15) is 0 Å². The van der Waals surface area contributed by atoms with Crippen LogP contribution >= 0.6 is 0 Å². The Hall–Kier alpha value is -0.920. The Labute approximate surface area is 69.6 Å². The third kappa shape index (κ3) is 9.08. The van der Waals surface area contributed by atoms with Crippen LogP contribution < -0.4 is 5.32 Å². The second-order valence-corrected chi connectivity index (χ2v) is 2.37. The minimum atomic E-state index is 0.863. The number of rotatable bonds is 6. The largest absolute Gasteiger partial charge is 0.317 e. The van der Waals surface area contributed by atoms with Crippen molar-refractivity contribution in [1.82, 2.24) is 5.32 Å². The van der Waals surface area contributed by atoms with Gasteiger partial charge in [-0.25, -0.2) is 0 Å². The number of hydrogen-bond donors (Lipinski definition) is 1. The van der Waals surface area contributed by atoms with Gasteiger partial charge in [0.15, 0.2) is 0 Å². The molecule has 1 heteroatoms. The standard InChI is InChI=1S/C10H15N/c1-3-5-7-9-11-10-8-6-4-2/h1-2,11H,5-10H2. The van der Waals surface area contributed by atoms with Gasteiger partial charge in [-0.05, 0) is 25.9 Å². The predicted octanol–water partition coefficient (Wildman–Crippen LogP) is 1.40. The maximum Gasteiger partial charge on any atom is 0.00981 e. The summed E-state index contributed by atoms with van der Waals surface area (Å²) in [6.07, 6.45) is 14.0. The minimum absolute atomic E-state index is 0.863. The molecule has 60 valence electrons. The molecule has 0 bridgehead atoms. The lowest BCUT2D eigenvalue weighted by Crippen LogP contribution is -2.16. The number of unbranched alkanes of at least 4 members (excludes halogenated alkanes) is 2. The Morgan fingerprint density at radius 1 is 0.909 bits per heavy atom. The van der Waals surface area contributed by atoms with Crippen molar-refractivity contribution < 1.29 is 0 Å². The van der Waals surface area contributed by atoms with Crippen molar-refractivity contribution in [3.63, 3.8) is 0 Å². The molecule has 0 fully saturated rings. The summed E-state index contributed by atoms with van der Waals surface area (Å²) in [4.78, 5) is 0. The van der Waals surface area contributed by atoms with E-state index in [-0.39, 0.29) is 0 Å². The molecule has 1 N–H and O–H groups in total. The van der Waals surface area contributed by atoms with Crippen molar-refractivity contribution in [2.24, 2.45) is 0 Å². The summed E-state index contributed by atoms with van der Waals surface area (Å²) in [5, 5.41) is 3.26. The van der Waals surface area contributed by atoms with Crippen LogP contribution in [0.3, 0.4) is 0 Å². The molecule has 0 radical (unpaired) electrons. The molecule has 0 atom stereocenters. The first-order valence-electron chi connectivity index (χ1n) is 3.99. The van der Waals surface area contributed by atoms with Gasteiger partial charge in [0.2, 0.25) is 0 Å². The third-order valence-electron chi connectivity index (χ3n) is 1.35. The van der Waals surface area contributed by atoms with Gasteiger partial charge in [-0.15, -0.1) is 24.7 Å². The van der Waals surface area contributed by atoms with Crippen LogP contribution in [0.15, 0.2) is 0 Å². The molecule has 0 amide bonds. The highest BCUT2D eigenvalue weighted by atomic mass is 14.8. The first kappa shape index (κ1) is 10.1. The van der Waals surface area contributed by atoms with Gasteiger partial charge in [0.25, 0.3) is 0 Å². The maximum absolute atomic E-state index is 5.09. The van der Waals surface area contributed by atoms with Crippen molar-refractivity contribution >= 4 is 0 Å². The molecule has 0 aliphatic rings. The molecule has 1 nitrogen and oxygen atoms in total. The zero-order chi connectivity index (χ0) is 8.36. The number of nitrogens with one attached hydrogen (secondary N) is 1. The monoisotopic (exact) mass is 149 g/mol. The van der Waals surface area contributed by atoms with Crippen molar-refractivity contribution in [3.8, 4) is 24.7 Å². The summed E-state index contributed by atoms with van der Waals surface area (Å²) < 4.78 is 0. The molecule has 0 aliphatic carbocycles. The number of terminal acetylenes is 2. The van der Waals surface area contributed by atoms with E-state index in [1.807, 2.05) is 0 Å². The highest BCUT2D eigenvalue weighted by molar-refractivity contribution is 4.84. The highest BCUT2D eigenvalue weighted by Crippen LogP contribution is 1.85. The van der Waals surface area contributed by atoms with Gasteiger partial charge in [-0.3, -0.25) is 0 Å². The predicted molar refractivity (Wildman–Crippen MR) is 49.0 cm³/mol. The van der Waals surface area contributed by atoms with Crippen LogP contribution in [0.1, 0.15) is 25.7 Å². The molecule has 0 aromatic heterocycles. The second-order valence-electron chi connectivity index (χ2n) is 2.37. The van der Waals surface area contributed by atoms with E-state index < -0.39 is 0 Å². The molecule has 0 unspecified atom stereocenters. The first-order valence-corrected chi connectivity index (χ1v) is 3.99. The lowest BCUT2D eigenvalue weighted by Gasteiger charge is -1.99. The van der Waals surface area contributed by atoms with E-state index in [2.05, 4.69) is 17.2 Å². The summed E-state index contributed by atoms with van der Waals surface area (Å²) in [5.74, 6) is 5.19. The Morgan fingerprint density at radius 3 is 1.73 bits per heavy atom. The molecule has 0 aromatic carbocycles. The maximum atomic E-state index is 5.09. The normalized spacial score (nSPS) is 8.55. The van der Waals surface area contributed by atoms with Crippen molar-refractivity contribution in [1.29, 1.82) is 0 Å². The Kier molecular flexibility index (Phi) is 8.32. The average molecular weight is 149 g/mol. The lowest BCUT2D eigenvalue weighted by atomic mass is 10.3. The van der Waals surface area contributed by atoms with Crippen LogP contribution in [0.4, 0.5) is 0 Å². The van der Waals surface area contributed by atoms with E-state index in [0.717, 1.165) is 38.8 Å². The fourth-order valence-corrected chi connectivity index (χ4v) is 0.756. The fourth-order valence-electron chi connectivity index (χ4n) is 0.756. The molecule has 0 rings (SSSR count). The van der Waals surface area contributed by atoms with E-state index >= 15 is 0 Å². The summed E-state index contributed by atoms with van der Waals surface area (Å²) in [6.45, 7) is 2.02. The van der Waals surface area contributed by atoms with Crippen molar-refractivity contribution in [2.45, 2.75) is 25.7 Å². The zero-order valence-electron chi connectivity index (χ0n) is 6.90. The van der Waals surface area contributed by atoms with Gasteiger partial charge in [0.05, 0.1) is 0 Å². The van der Waals surface area contributed by atoms with Crippen LogP contribution in [-0.2, 0) is 0 Å². The molecule has 11 heavy (non-hydrogen) atoms. The van der Waals surface area contributed by atoms with Gasteiger partial charge < -0.3 is 5.32 Å². The van der Waals surface area contributed by atoms with Crippen LogP contribution in [0.5, 0.6) is 0 Å². The number of hydrogen-bond acceptors (Lipinski definition) is 1. The summed E-state index contributed by atoms with van der Waals surface area (Å²) in [5.41, 5.74) is 0. The van der Waals surface area contributed by atoms with E-state index in [1.54, 1.807) is 0 Å². The van der Waals surface area contributed by atoms with Gasteiger partial charge in [-0.2, -0.15) is 0 Å². The Bertz CT molecular complexity index is 129. The third-order valence-corrected chi connectivity index (χ3v) is 1.35. The molecule has 0 heterocycles. The fraction of sp³-hybridized carbons (Fsp3) is 0.600. The molecule has 0 aliphatic heterocycles. The average Bonchev–Trinajstić information content (AvgIpc) is 2.03. The SMILES string of the molecule is C#CCCCNCCCC#C. The lowest BCUT2D eigenvalue weighted by molar-refractivity contribution is 0.636.